The van der Waals surface area contributed by atoms with Crippen LogP contribution in [0.3, 0.4) is 0 Å². The number of fused-ring (bicyclic) bond motifs is 2. The Morgan fingerprint density at radius 2 is 1.86 bits per heavy atom. The number of hydrogen-bond donors (Lipinski definition) is 2. The van der Waals surface area contributed by atoms with Crippen LogP contribution in [0.2, 0.25) is 0 Å². The number of nitrogens with one attached hydrogen (secondary N) is 2. The van der Waals surface area contributed by atoms with Crippen LogP contribution < -0.4 is 10.7 Å². The lowest BCUT2D eigenvalue weighted by atomic mass is 10.1. The van der Waals surface area contributed by atoms with Crippen LogP contribution in [0.25, 0.3) is 10.9 Å². The molecule has 0 aliphatic carbocycles. The first-order valence-electron chi connectivity index (χ1n) is 6.78. The molecular weight excluding hydrogens is 278 g/mol. The molecule has 4 rings (SSSR count). The lowest BCUT2D eigenvalue weighted by Gasteiger charge is -2.04. The number of aromatic nitrogens is 2. The van der Waals surface area contributed by atoms with Crippen LogP contribution in [0, 0.1) is 0 Å². The number of carbonyl (C=O) groups excluding carboxylic acids is 1. The molecule has 1 aliphatic rings. The Hall–Kier alpha value is -3.28. The molecule has 0 saturated carbocycles. The van der Waals surface area contributed by atoms with Crippen molar-refractivity contribution in [2.24, 2.45) is 5.10 Å². The fourth-order valence-electron chi connectivity index (χ4n) is 2.43. The van der Waals surface area contributed by atoms with Crippen molar-refractivity contribution in [1.82, 2.24) is 10.2 Å². The number of hydrogen-bond acceptors (Lipinski definition) is 5. The largest absolute Gasteiger partial charge is 0.320 e. The van der Waals surface area contributed by atoms with E-state index in [4.69, 9.17) is 0 Å². The third-order valence-corrected chi connectivity index (χ3v) is 3.48. The van der Waals surface area contributed by atoms with E-state index >= 15 is 0 Å². The molecule has 6 heteroatoms. The molecule has 2 aromatic carbocycles. The average molecular weight is 289 g/mol. The summed E-state index contributed by atoms with van der Waals surface area (Å²) in [7, 11) is 0. The van der Waals surface area contributed by atoms with E-state index in [1.807, 2.05) is 48.5 Å². The predicted molar refractivity (Wildman–Crippen MR) is 84.8 cm³/mol. The van der Waals surface area contributed by atoms with Gasteiger partial charge in [0.25, 0.3) is 5.91 Å². The molecule has 6 nitrogen and oxygen atoms in total. The highest BCUT2D eigenvalue weighted by Crippen LogP contribution is 2.24. The molecule has 106 valence electrons. The molecule has 2 N–H and O–H groups in total. The number of carbonyl (C=O) groups is 1. The summed E-state index contributed by atoms with van der Waals surface area (Å²) in [5.74, 6) is -0.222. The molecule has 0 spiro atoms. The zero-order chi connectivity index (χ0) is 14.9. The summed E-state index contributed by atoms with van der Waals surface area (Å²) < 4.78 is 0. The first kappa shape index (κ1) is 12.5. The van der Waals surface area contributed by atoms with E-state index in [0.29, 0.717) is 11.4 Å². The van der Waals surface area contributed by atoms with E-state index < -0.39 is 0 Å². The molecule has 0 unspecified atom stereocenters. The predicted octanol–water partition coefficient (Wildman–Crippen LogP) is 2.40. The number of anilines is 2. The number of benzene rings is 2. The second-order valence-electron chi connectivity index (χ2n) is 4.85. The van der Waals surface area contributed by atoms with Crippen molar-refractivity contribution in [2.45, 2.75) is 0 Å². The van der Waals surface area contributed by atoms with Crippen molar-refractivity contribution in [3.05, 3.63) is 60.3 Å². The van der Waals surface area contributed by atoms with Crippen molar-refractivity contribution in [2.75, 3.05) is 10.7 Å². The second-order valence-corrected chi connectivity index (χ2v) is 4.85. The van der Waals surface area contributed by atoms with E-state index in [1.165, 1.54) is 0 Å². The number of para-hydroxylation sites is 1. The van der Waals surface area contributed by atoms with Crippen LogP contribution in [0.1, 0.15) is 5.56 Å². The van der Waals surface area contributed by atoms with Crippen LogP contribution >= 0.6 is 0 Å². The summed E-state index contributed by atoms with van der Waals surface area (Å²) in [5, 5.41) is 15.9. The number of rotatable bonds is 2. The van der Waals surface area contributed by atoms with E-state index in [2.05, 4.69) is 26.0 Å². The maximum atomic E-state index is 12.0. The number of hydrazone groups is 1. The molecule has 3 aromatic rings. The average Bonchev–Trinajstić information content (AvgIpc) is 2.88. The van der Waals surface area contributed by atoms with Gasteiger partial charge in [-0.15, -0.1) is 0 Å². The molecule has 2 heterocycles. The molecule has 0 saturated heterocycles. The van der Waals surface area contributed by atoms with Gasteiger partial charge in [-0.25, -0.2) is 0 Å². The molecule has 22 heavy (non-hydrogen) atoms. The topological polar surface area (TPSA) is 79.3 Å². The summed E-state index contributed by atoms with van der Waals surface area (Å²) in [6.07, 6.45) is 1.59. The first-order chi connectivity index (χ1) is 10.8. The first-order valence-corrected chi connectivity index (χ1v) is 6.78. The summed E-state index contributed by atoms with van der Waals surface area (Å²) in [5.41, 5.74) is 6.31. The molecule has 0 radical (unpaired) electrons. The van der Waals surface area contributed by atoms with Crippen LogP contribution in [0.15, 0.2) is 59.8 Å². The van der Waals surface area contributed by atoms with Crippen molar-refractivity contribution in [3.63, 3.8) is 0 Å². The van der Waals surface area contributed by atoms with Crippen molar-refractivity contribution >= 4 is 33.9 Å². The standard InChI is InChI=1S/C16H11N5O/c22-16-15(11-6-2-3-7-12(11)18-16)21-20-14-9-17-19-13-8-4-1-5-10(13)14/h1-9H,(H,19,20)(H,18,21,22). The maximum absolute atomic E-state index is 12.0. The van der Waals surface area contributed by atoms with Crippen molar-refractivity contribution < 1.29 is 4.79 Å². The Kier molecular flexibility index (Phi) is 2.79. The highest BCUT2D eigenvalue weighted by molar-refractivity contribution is 6.53. The van der Waals surface area contributed by atoms with Gasteiger partial charge in [0, 0.05) is 10.9 Å². The highest BCUT2D eigenvalue weighted by atomic mass is 16.2. The van der Waals surface area contributed by atoms with E-state index in [1.54, 1.807) is 6.20 Å². The van der Waals surface area contributed by atoms with Gasteiger partial charge in [-0.1, -0.05) is 36.4 Å². The minimum absolute atomic E-state index is 0.222. The minimum Gasteiger partial charge on any atom is -0.320 e. The fraction of sp³-hybridized carbons (Fsp3) is 0. The zero-order valence-corrected chi connectivity index (χ0v) is 11.4. The summed E-state index contributed by atoms with van der Waals surface area (Å²) in [6, 6.07) is 15.1. The molecule has 1 aliphatic heterocycles. The number of amides is 1. The monoisotopic (exact) mass is 289 g/mol. The molecular formula is C16H11N5O. The van der Waals surface area contributed by atoms with Crippen molar-refractivity contribution in [3.8, 4) is 0 Å². The van der Waals surface area contributed by atoms with Crippen LogP contribution in [-0.2, 0) is 4.79 Å². The Morgan fingerprint density at radius 1 is 1.05 bits per heavy atom. The van der Waals surface area contributed by atoms with E-state index in [9.17, 15) is 4.79 Å². The van der Waals surface area contributed by atoms with Crippen LogP contribution in [-0.4, -0.2) is 21.8 Å². The SMILES string of the molecule is O=C1Nc2ccccc2/C1=N/Nc1cnnc2ccccc12. The van der Waals surface area contributed by atoms with Gasteiger partial charge in [0.2, 0.25) is 0 Å². The lowest BCUT2D eigenvalue weighted by Crippen LogP contribution is -2.16. The van der Waals surface area contributed by atoms with Gasteiger partial charge in [-0.05, 0) is 12.1 Å². The maximum Gasteiger partial charge on any atom is 0.276 e. The van der Waals surface area contributed by atoms with Crippen LogP contribution in [0.5, 0.6) is 0 Å². The fourth-order valence-corrected chi connectivity index (χ4v) is 2.43. The van der Waals surface area contributed by atoms with Gasteiger partial charge < -0.3 is 5.32 Å². The minimum atomic E-state index is -0.222. The molecule has 0 fully saturated rings. The molecule has 0 bridgehead atoms. The Labute approximate surface area is 125 Å². The van der Waals surface area contributed by atoms with Gasteiger partial charge in [-0.2, -0.15) is 15.3 Å². The Bertz CT molecular complexity index is 914. The third kappa shape index (κ3) is 1.98. The lowest BCUT2D eigenvalue weighted by molar-refractivity contribution is -0.110. The highest BCUT2D eigenvalue weighted by Gasteiger charge is 2.25. The van der Waals surface area contributed by atoms with Crippen molar-refractivity contribution in [1.29, 1.82) is 0 Å². The summed E-state index contributed by atoms with van der Waals surface area (Å²) >= 11 is 0. The van der Waals surface area contributed by atoms with E-state index in [-0.39, 0.29) is 5.91 Å². The second kappa shape index (κ2) is 4.92. The Balaban J connectivity index is 1.74. The smallest absolute Gasteiger partial charge is 0.276 e. The zero-order valence-electron chi connectivity index (χ0n) is 11.4. The molecule has 0 atom stereocenters. The van der Waals surface area contributed by atoms with Gasteiger partial charge >= 0.3 is 0 Å². The van der Waals surface area contributed by atoms with Crippen LogP contribution in [0.4, 0.5) is 11.4 Å². The molecule has 1 aromatic heterocycles. The quantitative estimate of drug-likeness (QED) is 0.710. The van der Waals surface area contributed by atoms with Gasteiger partial charge in [-0.3, -0.25) is 10.2 Å². The van der Waals surface area contributed by atoms with Gasteiger partial charge in [0.15, 0.2) is 5.71 Å². The summed E-state index contributed by atoms with van der Waals surface area (Å²) in [4.78, 5) is 12.0. The number of nitrogens with zero attached hydrogens (tertiary/aromatic N) is 3. The third-order valence-electron chi connectivity index (χ3n) is 3.48. The van der Waals surface area contributed by atoms with E-state index in [0.717, 1.165) is 22.2 Å². The Morgan fingerprint density at radius 3 is 2.82 bits per heavy atom. The molecule has 1 amide bonds. The summed E-state index contributed by atoms with van der Waals surface area (Å²) in [6.45, 7) is 0. The van der Waals surface area contributed by atoms with Gasteiger partial charge in [0.05, 0.1) is 23.1 Å². The normalized spacial score (nSPS) is 14.9. The van der Waals surface area contributed by atoms with Gasteiger partial charge in [0.1, 0.15) is 0 Å².